The Morgan fingerprint density at radius 1 is 1.06 bits per heavy atom. The lowest BCUT2D eigenvalue weighted by molar-refractivity contribution is -0.147. The van der Waals surface area contributed by atoms with Gasteiger partial charge in [0, 0.05) is 16.6 Å². The second-order valence-electron chi connectivity index (χ2n) is 8.07. The summed E-state index contributed by atoms with van der Waals surface area (Å²) in [5, 5.41) is 15.9. The number of fused-ring (bicyclic) bond motifs is 1. The van der Waals surface area contributed by atoms with Crippen molar-refractivity contribution in [2.75, 3.05) is 17.7 Å². The summed E-state index contributed by atoms with van der Waals surface area (Å²) < 4.78 is 5.22. The van der Waals surface area contributed by atoms with Gasteiger partial charge in [0.25, 0.3) is 5.91 Å². The van der Waals surface area contributed by atoms with Crippen molar-refractivity contribution in [2.45, 2.75) is 44.9 Å². The van der Waals surface area contributed by atoms with Gasteiger partial charge in [0.05, 0.1) is 24.5 Å². The van der Waals surface area contributed by atoms with Crippen LogP contribution in [0.1, 0.15) is 52.9 Å². The standard InChI is InChI=1S/C23H26N2O5S/c1-30-14-7-4-6-13(12-14)24-21(27)19-17-10-5-11-18(17)31-22(19)25-20(26)15-8-2-3-9-16(15)23(28)29/h4,6-7,12,15-16H,2-3,5,8-11H2,1H3,(H,24,27)(H,25,26)(H,28,29)/t15-,16+/m0/s1. The first kappa shape index (κ1) is 21.4. The van der Waals surface area contributed by atoms with Gasteiger partial charge in [0.1, 0.15) is 10.8 Å². The van der Waals surface area contributed by atoms with E-state index in [4.69, 9.17) is 4.74 Å². The number of carbonyl (C=O) groups excluding carboxylic acids is 2. The number of anilines is 2. The molecule has 1 heterocycles. The van der Waals surface area contributed by atoms with Crippen LogP contribution < -0.4 is 15.4 Å². The molecule has 1 fully saturated rings. The summed E-state index contributed by atoms with van der Waals surface area (Å²) in [7, 11) is 1.57. The zero-order valence-corrected chi connectivity index (χ0v) is 18.2. The third kappa shape index (κ3) is 4.44. The normalized spacial score (nSPS) is 20.0. The lowest BCUT2D eigenvalue weighted by atomic mass is 9.79. The Hall–Kier alpha value is -2.87. The molecule has 1 aromatic heterocycles. The van der Waals surface area contributed by atoms with E-state index in [0.29, 0.717) is 34.8 Å². The minimum absolute atomic E-state index is 0.276. The number of nitrogens with one attached hydrogen (secondary N) is 2. The molecule has 2 amide bonds. The molecule has 1 aromatic carbocycles. The highest BCUT2D eigenvalue weighted by molar-refractivity contribution is 7.17. The number of carbonyl (C=O) groups is 3. The van der Waals surface area contributed by atoms with Gasteiger partial charge in [-0.15, -0.1) is 11.3 Å². The van der Waals surface area contributed by atoms with Crippen LogP contribution in [0.4, 0.5) is 10.7 Å². The molecule has 0 aliphatic heterocycles. The van der Waals surface area contributed by atoms with Crippen LogP contribution in [0.3, 0.4) is 0 Å². The Bertz CT molecular complexity index is 1020. The van der Waals surface area contributed by atoms with Crippen LogP contribution in [-0.4, -0.2) is 30.0 Å². The number of aryl methyl sites for hydroxylation is 1. The molecule has 0 bridgehead atoms. The molecule has 164 valence electrons. The van der Waals surface area contributed by atoms with Gasteiger partial charge < -0.3 is 20.5 Å². The Labute approximate surface area is 184 Å². The third-order valence-electron chi connectivity index (χ3n) is 6.13. The fourth-order valence-electron chi connectivity index (χ4n) is 4.57. The first-order chi connectivity index (χ1) is 15.0. The number of methoxy groups -OCH3 is 1. The average molecular weight is 443 g/mol. The summed E-state index contributed by atoms with van der Waals surface area (Å²) >= 11 is 1.43. The predicted octanol–water partition coefficient (Wildman–Crippen LogP) is 4.33. The number of aliphatic carboxylic acids is 1. The van der Waals surface area contributed by atoms with E-state index in [2.05, 4.69) is 10.6 Å². The Kier molecular flexibility index (Phi) is 6.27. The van der Waals surface area contributed by atoms with E-state index in [0.717, 1.165) is 42.5 Å². The number of carboxylic acids is 1. The van der Waals surface area contributed by atoms with Gasteiger partial charge in [-0.2, -0.15) is 0 Å². The Morgan fingerprint density at radius 3 is 2.58 bits per heavy atom. The van der Waals surface area contributed by atoms with Crippen LogP contribution in [0.5, 0.6) is 5.75 Å². The van der Waals surface area contributed by atoms with Crippen molar-refractivity contribution >= 4 is 39.8 Å². The molecule has 0 saturated heterocycles. The third-order valence-corrected chi connectivity index (χ3v) is 7.34. The number of benzene rings is 1. The zero-order chi connectivity index (χ0) is 22.0. The Balaban J connectivity index is 1.58. The monoisotopic (exact) mass is 442 g/mol. The molecule has 2 atom stereocenters. The van der Waals surface area contributed by atoms with Crippen molar-refractivity contribution in [1.29, 1.82) is 0 Å². The van der Waals surface area contributed by atoms with E-state index in [1.807, 2.05) is 0 Å². The minimum Gasteiger partial charge on any atom is -0.497 e. The van der Waals surface area contributed by atoms with Crippen LogP contribution in [0, 0.1) is 11.8 Å². The first-order valence-electron chi connectivity index (χ1n) is 10.6. The molecule has 1 saturated carbocycles. The molecule has 0 radical (unpaired) electrons. The highest BCUT2D eigenvalue weighted by Crippen LogP contribution is 2.40. The summed E-state index contributed by atoms with van der Waals surface area (Å²) in [5.74, 6) is -2.11. The number of rotatable bonds is 6. The van der Waals surface area contributed by atoms with Gasteiger partial charge in [0.2, 0.25) is 5.91 Å². The van der Waals surface area contributed by atoms with E-state index in [1.54, 1.807) is 31.4 Å². The lowest BCUT2D eigenvalue weighted by Crippen LogP contribution is -2.36. The summed E-state index contributed by atoms with van der Waals surface area (Å²) in [6.07, 6.45) is 5.39. The van der Waals surface area contributed by atoms with Crippen molar-refractivity contribution in [3.63, 3.8) is 0 Å². The molecular weight excluding hydrogens is 416 g/mol. The molecule has 8 heteroatoms. The molecule has 4 rings (SSSR count). The molecule has 2 aliphatic carbocycles. The predicted molar refractivity (Wildman–Crippen MR) is 119 cm³/mol. The smallest absolute Gasteiger partial charge is 0.307 e. The molecular formula is C23H26N2O5S. The molecule has 0 spiro atoms. The second-order valence-corrected chi connectivity index (χ2v) is 9.18. The maximum atomic E-state index is 13.2. The summed E-state index contributed by atoms with van der Waals surface area (Å²) in [4.78, 5) is 38.9. The summed E-state index contributed by atoms with van der Waals surface area (Å²) in [6, 6.07) is 7.12. The summed E-state index contributed by atoms with van der Waals surface area (Å²) in [5.41, 5.74) is 2.09. The van der Waals surface area contributed by atoms with Crippen LogP contribution >= 0.6 is 11.3 Å². The number of amides is 2. The van der Waals surface area contributed by atoms with E-state index in [-0.39, 0.29) is 11.8 Å². The van der Waals surface area contributed by atoms with Gasteiger partial charge in [0.15, 0.2) is 0 Å². The van der Waals surface area contributed by atoms with Crippen LogP contribution in [0.15, 0.2) is 24.3 Å². The molecule has 3 N–H and O–H groups in total. The van der Waals surface area contributed by atoms with E-state index < -0.39 is 17.8 Å². The maximum absolute atomic E-state index is 13.2. The fourth-order valence-corrected chi connectivity index (χ4v) is 5.86. The SMILES string of the molecule is COc1cccc(NC(=O)c2c(NC(=O)[C@H]3CCCC[C@H]3C(=O)O)sc3c2CCC3)c1. The highest BCUT2D eigenvalue weighted by Gasteiger charge is 2.37. The number of thiophene rings is 1. The van der Waals surface area contributed by atoms with Crippen molar-refractivity contribution in [3.8, 4) is 5.75 Å². The van der Waals surface area contributed by atoms with Crippen LogP contribution in [0.25, 0.3) is 0 Å². The van der Waals surface area contributed by atoms with Crippen molar-refractivity contribution in [1.82, 2.24) is 0 Å². The number of hydrogen-bond donors (Lipinski definition) is 3. The van der Waals surface area contributed by atoms with Crippen molar-refractivity contribution in [2.24, 2.45) is 11.8 Å². The number of hydrogen-bond acceptors (Lipinski definition) is 5. The van der Waals surface area contributed by atoms with E-state index in [1.165, 1.54) is 11.3 Å². The molecule has 2 aliphatic rings. The maximum Gasteiger partial charge on any atom is 0.307 e. The quantitative estimate of drug-likeness (QED) is 0.618. The van der Waals surface area contributed by atoms with E-state index in [9.17, 15) is 19.5 Å². The van der Waals surface area contributed by atoms with Crippen LogP contribution in [0.2, 0.25) is 0 Å². The fraction of sp³-hybridized carbons (Fsp3) is 0.435. The molecule has 7 nitrogen and oxygen atoms in total. The van der Waals surface area contributed by atoms with Gasteiger partial charge in [-0.05, 0) is 49.8 Å². The number of carboxylic acid groups (broad SMARTS) is 1. The van der Waals surface area contributed by atoms with Crippen molar-refractivity contribution < 1.29 is 24.2 Å². The molecule has 31 heavy (non-hydrogen) atoms. The van der Waals surface area contributed by atoms with Gasteiger partial charge in [-0.25, -0.2) is 0 Å². The average Bonchev–Trinajstić information content (AvgIpc) is 3.34. The zero-order valence-electron chi connectivity index (χ0n) is 17.4. The van der Waals surface area contributed by atoms with Gasteiger partial charge >= 0.3 is 5.97 Å². The number of ether oxygens (including phenoxy) is 1. The lowest BCUT2D eigenvalue weighted by Gasteiger charge is -2.27. The van der Waals surface area contributed by atoms with E-state index >= 15 is 0 Å². The molecule has 2 aromatic rings. The van der Waals surface area contributed by atoms with Crippen LogP contribution in [-0.2, 0) is 22.4 Å². The highest BCUT2D eigenvalue weighted by atomic mass is 32.1. The summed E-state index contributed by atoms with van der Waals surface area (Å²) in [6.45, 7) is 0. The first-order valence-corrected chi connectivity index (χ1v) is 11.4. The second kappa shape index (κ2) is 9.09. The van der Waals surface area contributed by atoms with Gasteiger partial charge in [-0.3, -0.25) is 14.4 Å². The molecule has 0 unspecified atom stereocenters. The topological polar surface area (TPSA) is 105 Å². The Morgan fingerprint density at radius 2 is 1.84 bits per heavy atom. The van der Waals surface area contributed by atoms with Crippen molar-refractivity contribution in [3.05, 3.63) is 40.3 Å². The largest absolute Gasteiger partial charge is 0.497 e. The minimum atomic E-state index is -0.926. The van der Waals surface area contributed by atoms with Gasteiger partial charge in [-0.1, -0.05) is 18.9 Å².